The van der Waals surface area contributed by atoms with Gasteiger partial charge in [-0.15, -0.1) is 0 Å². The number of rotatable bonds is 9. The molecule has 0 radical (unpaired) electrons. The van der Waals surface area contributed by atoms with Gasteiger partial charge < -0.3 is 9.64 Å². The van der Waals surface area contributed by atoms with Crippen LogP contribution in [0.2, 0.25) is 0 Å². The van der Waals surface area contributed by atoms with E-state index in [1.54, 1.807) is 15.5 Å². The lowest BCUT2D eigenvalue weighted by atomic mass is 10.1. The summed E-state index contributed by atoms with van der Waals surface area (Å²) in [5, 5.41) is 0.535. The van der Waals surface area contributed by atoms with E-state index in [0.29, 0.717) is 35.4 Å². The maximum absolute atomic E-state index is 14.0. The van der Waals surface area contributed by atoms with E-state index in [-0.39, 0.29) is 18.1 Å². The normalized spacial score (nSPS) is 11.8. The molecule has 4 aromatic carbocycles. The van der Waals surface area contributed by atoms with Crippen LogP contribution in [0.3, 0.4) is 0 Å². The van der Waals surface area contributed by atoms with Crippen molar-refractivity contribution < 1.29 is 9.53 Å². The van der Waals surface area contributed by atoms with Gasteiger partial charge in [-0.2, -0.15) is 0 Å². The Bertz CT molecular complexity index is 1680. The molecule has 1 aromatic heterocycles. The van der Waals surface area contributed by atoms with Crippen molar-refractivity contribution in [3.63, 3.8) is 0 Å². The summed E-state index contributed by atoms with van der Waals surface area (Å²) < 4.78 is 7.55. The molecule has 0 bridgehead atoms. The average Bonchev–Trinajstić information content (AvgIpc) is 2.98. The molecule has 0 aliphatic carbocycles. The number of hydrogen-bond acceptors (Lipinski definition) is 4. The van der Waals surface area contributed by atoms with Crippen molar-refractivity contribution in [2.24, 2.45) is 0 Å². The summed E-state index contributed by atoms with van der Waals surface area (Å²) in [7, 11) is 0. The zero-order valence-electron chi connectivity index (χ0n) is 23.1. The largest absolute Gasteiger partial charge is 0.484 e. The van der Waals surface area contributed by atoms with Crippen LogP contribution in [0.1, 0.15) is 41.9 Å². The first-order chi connectivity index (χ1) is 19.5. The highest BCUT2D eigenvalue weighted by Crippen LogP contribution is 2.28. The summed E-state index contributed by atoms with van der Waals surface area (Å²) in [5.41, 5.74) is 4.37. The average molecular weight is 532 g/mol. The van der Waals surface area contributed by atoms with Gasteiger partial charge in [0, 0.05) is 6.54 Å². The smallest absolute Gasteiger partial charge is 0.266 e. The van der Waals surface area contributed by atoms with Crippen molar-refractivity contribution in [1.82, 2.24) is 14.5 Å². The fourth-order valence-corrected chi connectivity index (χ4v) is 4.93. The number of aryl methyl sites for hydroxylation is 2. The maximum atomic E-state index is 14.0. The van der Waals surface area contributed by atoms with Gasteiger partial charge in [-0.3, -0.25) is 14.2 Å². The summed E-state index contributed by atoms with van der Waals surface area (Å²) >= 11 is 0. The number of benzene rings is 4. The monoisotopic (exact) mass is 531 g/mol. The number of fused-ring (bicyclic) bond motifs is 1. The molecule has 0 N–H and O–H groups in total. The molecule has 0 aliphatic rings. The van der Waals surface area contributed by atoms with Crippen LogP contribution in [0, 0.1) is 13.8 Å². The number of para-hydroxylation sites is 2. The molecule has 0 fully saturated rings. The summed E-state index contributed by atoms with van der Waals surface area (Å²) in [5.74, 6) is 0.964. The van der Waals surface area contributed by atoms with Crippen LogP contribution in [0.4, 0.5) is 0 Å². The zero-order valence-corrected chi connectivity index (χ0v) is 23.1. The molecule has 1 heterocycles. The molecule has 202 valence electrons. The summed E-state index contributed by atoms with van der Waals surface area (Å²) in [6.45, 7) is 6.31. The molecule has 5 rings (SSSR count). The Kier molecular flexibility index (Phi) is 8.06. The molecular weight excluding hydrogens is 498 g/mol. The van der Waals surface area contributed by atoms with Crippen LogP contribution in [0.5, 0.6) is 5.75 Å². The Morgan fingerprint density at radius 1 is 0.875 bits per heavy atom. The van der Waals surface area contributed by atoms with Gasteiger partial charge in [0.05, 0.1) is 22.6 Å². The Morgan fingerprint density at radius 2 is 1.55 bits per heavy atom. The molecular formula is C34H33N3O3. The van der Waals surface area contributed by atoms with Crippen LogP contribution in [0.15, 0.2) is 108 Å². The molecule has 0 spiro atoms. The second kappa shape index (κ2) is 12.0. The highest BCUT2D eigenvalue weighted by Gasteiger charge is 2.29. The topological polar surface area (TPSA) is 64.4 Å². The van der Waals surface area contributed by atoms with Crippen LogP contribution < -0.4 is 10.3 Å². The van der Waals surface area contributed by atoms with Gasteiger partial charge >= 0.3 is 0 Å². The van der Waals surface area contributed by atoms with E-state index in [0.717, 1.165) is 22.4 Å². The highest BCUT2D eigenvalue weighted by molar-refractivity contribution is 5.79. The zero-order chi connectivity index (χ0) is 28.1. The molecule has 0 saturated heterocycles. The van der Waals surface area contributed by atoms with E-state index in [1.807, 2.05) is 118 Å². The first kappa shape index (κ1) is 26.9. The number of hydrogen-bond donors (Lipinski definition) is 0. The molecule has 6 nitrogen and oxygen atoms in total. The first-order valence-corrected chi connectivity index (χ1v) is 13.6. The maximum Gasteiger partial charge on any atom is 0.266 e. The summed E-state index contributed by atoms with van der Waals surface area (Å²) in [6.07, 6.45) is 0.555. The van der Waals surface area contributed by atoms with Gasteiger partial charge in [0.25, 0.3) is 11.5 Å². The fraction of sp³-hybridized carbons (Fsp3) is 0.206. The van der Waals surface area contributed by atoms with E-state index in [9.17, 15) is 9.59 Å². The van der Waals surface area contributed by atoms with Crippen LogP contribution >= 0.6 is 0 Å². The van der Waals surface area contributed by atoms with E-state index in [2.05, 4.69) is 0 Å². The molecule has 6 heteroatoms. The predicted octanol–water partition coefficient (Wildman–Crippen LogP) is 6.56. The van der Waals surface area contributed by atoms with Crippen molar-refractivity contribution in [3.05, 3.63) is 136 Å². The van der Waals surface area contributed by atoms with Crippen molar-refractivity contribution in [1.29, 1.82) is 0 Å². The van der Waals surface area contributed by atoms with Gasteiger partial charge in [-0.05, 0) is 73.4 Å². The molecule has 0 aliphatic heterocycles. The van der Waals surface area contributed by atoms with E-state index < -0.39 is 6.04 Å². The minimum absolute atomic E-state index is 0.130. The van der Waals surface area contributed by atoms with Gasteiger partial charge in [0.2, 0.25) is 0 Å². The van der Waals surface area contributed by atoms with Crippen LogP contribution in [0.25, 0.3) is 16.6 Å². The predicted molar refractivity (Wildman–Crippen MR) is 159 cm³/mol. The lowest BCUT2D eigenvalue weighted by Gasteiger charge is -2.32. The van der Waals surface area contributed by atoms with Gasteiger partial charge in [0.15, 0.2) is 6.61 Å². The molecule has 0 saturated carbocycles. The molecule has 1 unspecified atom stereocenters. The SMILES string of the molecule is CCC(c1nc2ccccc2c(=O)n1-c1ccc(C)c(C)c1)N(Cc1ccccc1)C(=O)COc1ccccc1. The first-order valence-electron chi connectivity index (χ1n) is 13.6. The van der Waals surface area contributed by atoms with Crippen molar-refractivity contribution in [3.8, 4) is 11.4 Å². The standard InChI is InChI=1S/C34H33N3O3/c1-4-31(36(22-26-13-7-5-8-14-26)32(38)23-40-28-15-9-6-10-16-28)33-35-30-18-12-11-17-29(30)34(39)37(33)27-20-19-24(2)25(3)21-27/h5-21,31H,4,22-23H2,1-3H3. The third-order valence-electron chi connectivity index (χ3n) is 7.23. The summed E-state index contributed by atoms with van der Waals surface area (Å²) in [6, 6.07) is 32.0. The van der Waals surface area contributed by atoms with Gasteiger partial charge in [-0.1, -0.05) is 73.7 Å². The van der Waals surface area contributed by atoms with Crippen molar-refractivity contribution >= 4 is 16.8 Å². The number of amides is 1. The summed E-state index contributed by atoms with van der Waals surface area (Å²) in [4.78, 5) is 34.7. The van der Waals surface area contributed by atoms with Crippen molar-refractivity contribution in [2.75, 3.05) is 6.61 Å². The Labute approximate surface area is 234 Å². The van der Waals surface area contributed by atoms with E-state index in [1.165, 1.54) is 0 Å². The van der Waals surface area contributed by atoms with E-state index in [4.69, 9.17) is 9.72 Å². The second-order valence-electron chi connectivity index (χ2n) is 9.93. The minimum atomic E-state index is -0.481. The molecule has 1 atom stereocenters. The Hall–Kier alpha value is -4.71. The quantitative estimate of drug-likeness (QED) is 0.216. The minimum Gasteiger partial charge on any atom is -0.484 e. The van der Waals surface area contributed by atoms with Crippen LogP contribution in [-0.4, -0.2) is 27.0 Å². The number of aromatic nitrogens is 2. The lowest BCUT2D eigenvalue weighted by Crippen LogP contribution is -2.40. The number of nitrogens with zero attached hydrogens (tertiary/aromatic N) is 3. The highest BCUT2D eigenvalue weighted by atomic mass is 16.5. The third-order valence-corrected chi connectivity index (χ3v) is 7.23. The Balaban J connectivity index is 1.65. The molecule has 5 aromatic rings. The molecule has 40 heavy (non-hydrogen) atoms. The Morgan fingerprint density at radius 3 is 2.25 bits per heavy atom. The van der Waals surface area contributed by atoms with E-state index >= 15 is 0 Å². The number of carbonyl (C=O) groups excluding carboxylic acids is 1. The molecule has 1 amide bonds. The number of carbonyl (C=O) groups is 1. The fourth-order valence-electron chi connectivity index (χ4n) is 4.93. The van der Waals surface area contributed by atoms with Gasteiger partial charge in [0.1, 0.15) is 11.6 Å². The van der Waals surface area contributed by atoms with Crippen molar-refractivity contribution in [2.45, 2.75) is 39.8 Å². The van der Waals surface area contributed by atoms with Gasteiger partial charge in [-0.25, -0.2) is 4.98 Å². The third kappa shape index (κ3) is 5.66. The van der Waals surface area contributed by atoms with Crippen LogP contribution in [-0.2, 0) is 11.3 Å². The number of ether oxygens (including phenoxy) is 1. The second-order valence-corrected chi connectivity index (χ2v) is 9.93. The lowest BCUT2D eigenvalue weighted by molar-refractivity contribution is -0.137.